The minimum absolute atomic E-state index is 0. The smallest absolute Gasteiger partial charge is 0.253 e. The van der Waals surface area contributed by atoms with Gasteiger partial charge in [0, 0.05) is 38.2 Å². The highest BCUT2D eigenvalue weighted by Gasteiger charge is 2.22. The van der Waals surface area contributed by atoms with Crippen LogP contribution in [0.15, 0.2) is 53.5 Å². The third-order valence-electron chi connectivity index (χ3n) is 4.94. The monoisotopic (exact) mass is 522 g/mol. The fourth-order valence-electron chi connectivity index (χ4n) is 3.26. The first-order chi connectivity index (χ1) is 13.7. The van der Waals surface area contributed by atoms with E-state index in [9.17, 15) is 4.79 Å². The minimum Gasteiger partial charge on any atom is -0.357 e. The number of carbonyl (C=O) groups excluding carboxylic acids is 1. The van der Waals surface area contributed by atoms with Gasteiger partial charge in [-0.15, -0.1) is 24.0 Å². The number of benzene rings is 2. The zero-order valence-electron chi connectivity index (χ0n) is 19.0. The predicted molar refractivity (Wildman–Crippen MR) is 137 cm³/mol. The Balaban J connectivity index is 0.00000450. The van der Waals surface area contributed by atoms with E-state index >= 15 is 0 Å². The van der Waals surface area contributed by atoms with E-state index in [0.717, 1.165) is 24.6 Å². The lowest BCUT2D eigenvalue weighted by molar-refractivity contribution is 0.0827. The molecule has 0 unspecified atom stereocenters. The van der Waals surface area contributed by atoms with Crippen LogP contribution in [-0.4, -0.2) is 44.0 Å². The number of halogens is 1. The van der Waals surface area contributed by atoms with Crippen LogP contribution in [0.25, 0.3) is 0 Å². The lowest BCUT2D eigenvalue weighted by atomic mass is 9.82. The van der Waals surface area contributed by atoms with Crippen molar-refractivity contribution in [1.82, 2.24) is 15.5 Å². The first kappa shape index (κ1) is 25.9. The van der Waals surface area contributed by atoms with Gasteiger partial charge in [0.25, 0.3) is 5.91 Å². The molecule has 0 aliphatic carbocycles. The van der Waals surface area contributed by atoms with Crippen molar-refractivity contribution in [1.29, 1.82) is 0 Å². The molecule has 0 spiro atoms. The molecular weight excluding hydrogens is 487 g/mol. The summed E-state index contributed by atoms with van der Waals surface area (Å²) in [5, 5.41) is 6.79. The largest absolute Gasteiger partial charge is 0.357 e. The summed E-state index contributed by atoms with van der Waals surface area (Å²) in [4.78, 5) is 18.3. The van der Waals surface area contributed by atoms with Crippen molar-refractivity contribution in [2.75, 3.05) is 27.2 Å². The normalized spacial score (nSPS) is 11.5. The Labute approximate surface area is 198 Å². The number of amides is 1. The molecule has 5 nitrogen and oxygen atoms in total. The van der Waals surface area contributed by atoms with Crippen molar-refractivity contribution in [3.63, 3.8) is 0 Å². The number of hydrogen-bond acceptors (Lipinski definition) is 2. The number of hydrogen-bond donors (Lipinski definition) is 2. The molecular formula is C24H35IN4O. The first-order valence-corrected chi connectivity index (χ1v) is 10.1. The van der Waals surface area contributed by atoms with E-state index in [0.29, 0.717) is 12.1 Å². The lowest BCUT2D eigenvalue weighted by Crippen LogP contribution is -2.43. The summed E-state index contributed by atoms with van der Waals surface area (Å²) in [6, 6.07) is 16.1. The summed E-state index contributed by atoms with van der Waals surface area (Å²) in [7, 11) is 3.51. The van der Waals surface area contributed by atoms with E-state index in [1.165, 1.54) is 11.1 Å². The van der Waals surface area contributed by atoms with Crippen LogP contribution in [0.1, 0.15) is 47.8 Å². The van der Waals surface area contributed by atoms with E-state index < -0.39 is 0 Å². The quantitative estimate of drug-likeness (QED) is 0.323. The van der Waals surface area contributed by atoms with Crippen LogP contribution in [0, 0.1) is 6.92 Å². The van der Waals surface area contributed by atoms with Crippen molar-refractivity contribution < 1.29 is 4.79 Å². The van der Waals surface area contributed by atoms with Gasteiger partial charge in [-0.1, -0.05) is 50.2 Å². The van der Waals surface area contributed by atoms with Crippen LogP contribution < -0.4 is 10.6 Å². The van der Waals surface area contributed by atoms with E-state index in [2.05, 4.69) is 62.6 Å². The topological polar surface area (TPSA) is 56.7 Å². The summed E-state index contributed by atoms with van der Waals surface area (Å²) in [5.74, 6) is 0.802. The van der Waals surface area contributed by atoms with Crippen molar-refractivity contribution in [3.05, 3.63) is 70.8 Å². The summed E-state index contributed by atoms with van der Waals surface area (Å²) >= 11 is 0. The second kappa shape index (κ2) is 11.9. The maximum absolute atomic E-state index is 12.0. The van der Waals surface area contributed by atoms with E-state index in [4.69, 9.17) is 4.99 Å². The lowest BCUT2D eigenvalue weighted by Gasteiger charge is -2.28. The molecule has 2 rings (SSSR count). The van der Waals surface area contributed by atoms with Gasteiger partial charge in [0.2, 0.25) is 0 Å². The second-order valence-corrected chi connectivity index (χ2v) is 8.14. The molecule has 0 radical (unpaired) electrons. The molecule has 0 aromatic heterocycles. The van der Waals surface area contributed by atoms with Gasteiger partial charge in [-0.25, -0.2) is 4.99 Å². The second-order valence-electron chi connectivity index (χ2n) is 8.14. The van der Waals surface area contributed by atoms with Gasteiger partial charge in [0.15, 0.2) is 5.96 Å². The molecule has 0 aliphatic rings. The van der Waals surface area contributed by atoms with Crippen LogP contribution >= 0.6 is 24.0 Å². The number of rotatable bonds is 7. The number of carbonyl (C=O) groups is 1. The van der Waals surface area contributed by atoms with Crippen molar-refractivity contribution in [2.45, 2.75) is 39.7 Å². The Morgan fingerprint density at radius 1 is 1.03 bits per heavy atom. The SMILES string of the molecule is CCNC(=NCc1ccc(C(=O)N(C)C)cc1)NCC(C)(C)c1ccccc1C.I. The third kappa shape index (κ3) is 7.31. The number of nitrogens with zero attached hydrogens (tertiary/aromatic N) is 2. The molecule has 6 heteroatoms. The van der Waals surface area contributed by atoms with Crippen molar-refractivity contribution >= 4 is 35.8 Å². The number of nitrogens with one attached hydrogen (secondary N) is 2. The Bertz CT molecular complexity index is 845. The molecule has 2 aromatic carbocycles. The summed E-state index contributed by atoms with van der Waals surface area (Å²) < 4.78 is 0. The van der Waals surface area contributed by atoms with Gasteiger partial charge in [0.05, 0.1) is 6.54 Å². The molecule has 0 heterocycles. The molecule has 0 fully saturated rings. The fourth-order valence-corrected chi connectivity index (χ4v) is 3.26. The summed E-state index contributed by atoms with van der Waals surface area (Å²) in [5.41, 5.74) is 4.37. The Morgan fingerprint density at radius 2 is 1.67 bits per heavy atom. The number of aryl methyl sites for hydroxylation is 1. The number of guanidine groups is 1. The summed E-state index contributed by atoms with van der Waals surface area (Å²) in [6.45, 7) is 10.8. The van der Waals surface area contributed by atoms with Crippen LogP contribution in [0.5, 0.6) is 0 Å². The average molecular weight is 522 g/mol. The van der Waals surface area contributed by atoms with Gasteiger partial charge >= 0.3 is 0 Å². The molecule has 164 valence electrons. The summed E-state index contributed by atoms with van der Waals surface area (Å²) in [6.07, 6.45) is 0. The van der Waals surface area contributed by atoms with Crippen LogP contribution in [0.4, 0.5) is 0 Å². The molecule has 0 aliphatic heterocycles. The number of aliphatic imine (C=N–C) groups is 1. The van der Waals surface area contributed by atoms with Gasteiger partial charge < -0.3 is 15.5 Å². The fraction of sp³-hybridized carbons (Fsp3) is 0.417. The molecule has 2 N–H and O–H groups in total. The van der Waals surface area contributed by atoms with Crippen LogP contribution in [-0.2, 0) is 12.0 Å². The Morgan fingerprint density at radius 3 is 2.23 bits per heavy atom. The molecule has 0 saturated carbocycles. The van der Waals surface area contributed by atoms with Crippen LogP contribution in [0.3, 0.4) is 0 Å². The van der Waals surface area contributed by atoms with Gasteiger partial charge in [-0.05, 0) is 42.7 Å². The predicted octanol–water partition coefficient (Wildman–Crippen LogP) is 4.35. The van der Waals surface area contributed by atoms with Crippen molar-refractivity contribution in [3.8, 4) is 0 Å². The first-order valence-electron chi connectivity index (χ1n) is 10.1. The maximum Gasteiger partial charge on any atom is 0.253 e. The van der Waals surface area contributed by atoms with E-state index in [1.54, 1.807) is 19.0 Å². The molecule has 1 amide bonds. The van der Waals surface area contributed by atoms with Gasteiger partial charge in [-0.3, -0.25) is 4.79 Å². The molecule has 30 heavy (non-hydrogen) atoms. The van der Waals surface area contributed by atoms with E-state index in [-0.39, 0.29) is 35.3 Å². The molecule has 0 atom stereocenters. The third-order valence-corrected chi connectivity index (χ3v) is 4.94. The Hall–Kier alpha value is -2.09. The van der Waals surface area contributed by atoms with Gasteiger partial charge in [0.1, 0.15) is 0 Å². The molecule has 0 bridgehead atoms. The van der Waals surface area contributed by atoms with Crippen LogP contribution in [0.2, 0.25) is 0 Å². The Kier molecular flexibility index (Phi) is 10.3. The highest BCUT2D eigenvalue weighted by molar-refractivity contribution is 14.0. The maximum atomic E-state index is 12.0. The average Bonchev–Trinajstić information content (AvgIpc) is 2.70. The zero-order valence-corrected chi connectivity index (χ0v) is 21.3. The molecule has 0 saturated heterocycles. The van der Waals surface area contributed by atoms with E-state index in [1.807, 2.05) is 24.3 Å². The highest BCUT2D eigenvalue weighted by atomic mass is 127. The van der Waals surface area contributed by atoms with Crippen molar-refractivity contribution in [2.24, 2.45) is 4.99 Å². The zero-order chi connectivity index (χ0) is 21.4. The highest BCUT2D eigenvalue weighted by Crippen LogP contribution is 2.25. The molecule has 2 aromatic rings. The van der Waals surface area contributed by atoms with Gasteiger partial charge in [-0.2, -0.15) is 0 Å². The standard InChI is InChI=1S/C24H34N4O.HI/c1-7-25-23(27-17-24(3,4)21-11-9-8-10-18(21)2)26-16-19-12-14-20(15-13-19)22(29)28(5)6;/h8-15H,7,16-17H2,1-6H3,(H2,25,26,27);1H. The minimum atomic E-state index is -0.0181.